The lowest BCUT2D eigenvalue weighted by molar-refractivity contribution is 0.102. The highest BCUT2D eigenvalue weighted by Gasteiger charge is 2.10. The van der Waals surface area contributed by atoms with E-state index >= 15 is 0 Å². The van der Waals surface area contributed by atoms with Crippen molar-refractivity contribution in [3.05, 3.63) is 83.6 Å². The highest BCUT2D eigenvalue weighted by molar-refractivity contribution is 6.08. The van der Waals surface area contributed by atoms with Crippen LogP contribution in [0.1, 0.15) is 17.3 Å². The van der Waals surface area contributed by atoms with Crippen molar-refractivity contribution in [1.29, 1.82) is 0 Å². The molecule has 0 fully saturated rings. The number of hydrogen-bond acceptors (Lipinski definition) is 3. The van der Waals surface area contributed by atoms with E-state index in [1.165, 1.54) is 0 Å². The van der Waals surface area contributed by atoms with Crippen LogP contribution in [0.3, 0.4) is 0 Å². The molecule has 1 amide bonds. The molecule has 2 aromatic carbocycles. The minimum absolute atomic E-state index is 0.191. The summed E-state index contributed by atoms with van der Waals surface area (Å²) in [5.41, 5.74) is 3.03. The second-order valence-corrected chi connectivity index (χ2v) is 5.47. The molecule has 0 spiro atoms. The van der Waals surface area contributed by atoms with Gasteiger partial charge in [-0.2, -0.15) is 0 Å². The fourth-order valence-electron chi connectivity index (χ4n) is 2.23. The normalized spacial score (nSPS) is 13.9. The number of carbonyl (C=O) groups is 1. The van der Waals surface area contributed by atoms with Gasteiger partial charge in [-0.1, -0.05) is 36.4 Å². The van der Waals surface area contributed by atoms with Crippen LogP contribution in [0.4, 0.5) is 11.4 Å². The lowest BCUT2D eigenvalue weighted by Gasteiger charge is -2.11. The first-order valence-electron chi connectivity index (χ1n) is 7.72. The van der Waals surface area contributed by atoms with E-state index in [1.807, 2.05) is 61.5 Å². The number of ether oxygens (including phenoxy) is 1. The van der Waals surface area contributed by atoms with Crippen LogP contribution in [-0.2, 0) is 4.74 Å². The molecule has 0 aromatic heterocycles. The Balaban J connectivity index is 1.79. The van der Waals surface area contributed by atoms with E-state index < -0.39 is 0 Å². The molecule has 0 saturated carbocycles. The highest BCUT2D eigenvalue weighted by atomic mass is 16.5. The smallest absolute Gasteiger partial charge is 0.257 e. The summed E-state index contributed by atoms with van der Waals surface area (Å²) in [7, 11) is 0. The lowest BCUT2D eigenvalue weighted by atomic mass is 10.1. The minimum Gasteiger partial charge on any atom is -0.488 e. The molecule has 1 N–H and O–H groups in total. The van der Waals surface area contributed by atoms with E-state index in [9.17, 15) is 4.79 Å². The van der Waals surface area contributed by atoms with Gasteiger partial charge >= 0.3 is 0 Å². The Bertz CT molecular complexity index is 821. The van der Waals surface area contributed by atoms with E-state index in [1.54, 1.807) is 18.3 Å². The Labute approximate surface area is 141 Å². The van der Waals surface area contributed by atoms with Crippen LogP contribution in [-0.4, -0.2) is 18.7 Å². The van der Waals surface area contributed by atoms with Crippen LogP contribution in [0.15, 0.2) is 83.1 Å². The molecule has 120 valence electrons. The molecule has 0 radical (unpaired) electrons. The van der Waals surface area contributed by atoms with Gasteiger partial charge in [-0.3, -0.25) is 9.79 Å². The second kappa shape index (κ2) is 7.42. The molecule has 0 saturated heterocycles. The quantitative estimate of drug-likeness (QED) is 0.844. The maximum Gasteiger partial charge on any atom is 0.257 e. The van der Waals surface area contributed by atoms with Crippen molar-refractivity contribution in [2.45, 2.75) is 6.92 Å². The predicted molar refractivity (Wildman–Crippen MR) is 96.8 cm³/mol. The number of allylic oxidation sites excluding steroid dienone is 3. The van der Waals surface area contributed by atoms with Crippen molar-refractivity contribution in [2.24, 2.45) is 4.99 Å². The molecule has 0 aliphatic carbocycles. The Morgan fingerprint density at radius 1 is 1.08 bits per heavy atom. The van der Waals surface area contributed by atoms with Gasteiger partial charge in [0.2, 0.25) is 0 Å². The number of amides is 1. The molecule has 4 nitrogen and oxygen atoms in total. The van der Waals surface area contributed by atoms with Crippen molar-refractivity contribution in [1.82, 2.24) is 0 Å². The van der Waals surface area contributed by atoms with Crippen LogP contribution in [0.25, 0.3) is 0 Å². The van der Waals surface area contributed by atoms with Crippen molar-refractivity contribution in [2.75, 3.05) is 11.9 Å². The number of nitrogens with one attached hydrogen (secondary N) is 1. The maximum absolute atomic E-state index is 12.5. The molecule has 4 heteroatoms. The Kier molecular flexibility index (Phi) is 4.87. The fourth-order valence-corrected chi connectivity index (χ4v) is 2.23. The minimum atomic E-state index is -0.191. The molecule has 0 atom stereocenters. The van der Waals surface area contributed by atoms with Crippen molar-refractivity contribution in [3.8, 4) is 0 Å². The number of nitrogens with zero attached hydrogens (tertiary/aromatic N) is 1. The largest absolute Gasteiger partial charge is 0.488 e. The number of anilines is 1. The summed E-state index contributed by atoms with van der Waals surface area (Å²) in [6, 6.07) is 16.6. The third-order valence-electron chi connectivity index (χ3n) is 3.51. The topological polar surface area (TPSA) is 50.7 Å². The summed E-state index contributed by atoms with van der Waals surface area (Å²) < 4.78 is 5.55. The van der Waals surface area contributed by atoms with Crippen LogP contribution < -0.4 is 5.32 Å². The Morgan fingerprint density at radius 2 is 1.83 bits per heavy atom. The van der Waals surface area contributed by atoms with E-state index in [-0.39, 0.29) is 5.91 Å². The van der Waals surface area contributed by atoms with Gasteiger partial charge in [-0.15, -0.1) is 0 Å². The van der Waals surface area contributed by atoms with E-state index in [0.717, 1.165) is 11.3 Å². The third-order valence-corrected chi connectivity index (χ3v) is 3.51. The van der Waals surface area contributed by atoms with Gasteiger partial charge in [-0.05, 0) is 42.8 Å². The molecule has 1 aliphatic rings. The van der Waals surface area contributed by atoms with Crippen LogP contribution in [0, 0.1) is 0 Å². The van der Waals surface area contributed by atoms with Crippen molar-refractivity contribution in [3.63, 3.8) is 0 Å². The van der Waals surface area contributed by atoms with Gasteiger partial charge in [0.15, 0.2) is 0 Å². The van der Waals surface area contributed by atoms with Crippen LogP contribution in [0.2, 0.25) is 0 Å². The summed E-state index contributed by atoms with van der Waals surface area (Å²) in [5.74, 6) is 0.488. The molecular formula is C20H18N2O2. The van der Waals surface area contributed by atoms with Gasteiger partial charge in [0.25, 0.3) is 5.91 Å². The maximum atomic E-state index is 12.5. The van der Waals surface area contributed by atoms with Crippen LogP contribution in [0.5, 0.6) is 0 Å². The first-order chi connectivity index (χ1) is 11.7. The predicted octanol–water partition coefficient (Wildman–Crippen LogP) is 4.50. The van der Waals surface area contributed by atoms with Gasteiger partial charge in [0, 0.05) is 5.69 Å². The van der Waals surface area contributed by atoms with E-state index in [2.05, 4.69) is 10.3 Å². The SMILES string of the molecule is CC1=CC=C(C=Nc2ccccc2C(=O)Nc2ccccc2)OC1. The summed E-state index contributed by atoms with van der Waals surface area (Å²) in [5, 5.41) is 2.87. The fraction of sp³-hybridized carbons (Fsp3) is 0.100. The molecule has 0 bridgehead atoms. The first kappa shape index (κ1) is 15.7. The molecule has 2 aromatic rings. The zero-order valence-corrected chi connectivity index (χ0v) is 13.4. The van der Waals surface area contributed by atoms with Crippen LogP contribution >= 0.6 is 0 Å². The average Bonchev–Trinajstić information content (AvgIpc) is 2.62. The number of benzene rings is 2. The summed E-state index contributed by atoms with van der Waals surface area (Å²) in [6.07, 6.45) is 5.51. The zero-order chi connectivity index (χ0) is 16.8. The average molecular weight is 318 g/mol. The Morgan fingerprint density at radius 3 is 2.58 bits per heavy atom. The summed E-state index contributed by atoms with van der Waals surface area (Å²) in [4.78, 5) is 16.9. The van der Waals surface area contributed by atoms with Crippen molar-refractivity contribution >= 4 is 23.5 Å². The van der Waals surface area contributed by atoms with Gasteiger partial charge in [0.1, 0.15) is 12.4 Å². The lowest BCUT2D eigenvalue weighted by Crippen LogP contribution is -2.12. The molecule has 0 unspecified atom stereocenters. The van der Waals surface area contributed by atoms with Gasteiger partial charge < -0.3 is 10.1 Å². The standard InChI is InChI=1S/C20H18N2O2/c1-15-11-12-17(24-14-15)13-21-19-10-6-5-9-18(19)20(23)22-16-7-3-2-4-8-16/h2-13H,14H2,1H3,(H,22,23). The summed E-state index contributed by atoms with van der Waals surface area (Å²) in [6.45, 7) is 2.57. The molecular weight excluding hydrogens is 300 g/mol. The monoisotopic (exact) mass is 318 g/mol. The van der Waals surface area contributed by atoms with E-state index in [0.29, 0.717) is 23.6 Å². The molecule has 1 aliphatic heterocycles. The number of carbonyl (C=O) groups excluding carboxylic acids is 1. The van der Waals surface area contributed by atoms with Gasteiger partial charge in [0.05, 0.1) is 17.5 Å². The Hall–Kier alpha value is -3.14. The molecule has 3 rings (SSSR count). The third kappa shape index (κ3) is 3.98. The number of aliphatic imine (C=N–C) groups is 1. The number of hydrogen-bond donors (Lipinski definition) is 1. The van der Waals surface area contributed by atoms with Gasteiger partial charge in [-0.25, -0.2) is 0 Å². The number of rotatable bonds is 4. The molecule has 24 heavy (non-hydrogen) atoms. The zero-order valence-electron chi connectivity index (χ0n) is 13.4. The summed E-state index contributed by atoms with van der Waals surface area (Å²) >= 11 is 0. The second-order valence-electron chi connectivity index (χ2n) is 5.47. The number of para-hydroxylation sites is 2. The van der Waals surface area contributed by atoms with Crippen molar-refractivity contribution < 1.29 is 9.53 Å². The first-order valence-corrected chi connectivity index (χ1v) is 7.72. The highest BCUT2D eigenvalue weighted by Crippen LogP contribution is 2.21. The van der Waals surface area contributed by atoms with E-state index in [4.69, 9.17) is 4.74 Å². The molecule has 1 heterocycles.